The Bertz CT molecular complexity index is 3140. The molecular formula is C51H33N3OS. The van der Waals surface area contributed by atoms with Crippen LogP contribution in [0.25, 0.3) is 75.5 Å². The van der Waals surface area contributed by atoms with Crippen LogP contribution in [0.5, 0.6) is 0 Å². The molecule has 0 bridgehead atoms. The number of nitrogens with zero attached hydrogens (tertiary/aromatic N) is 2. The van der Waals surface area contributed by atoms with Gasteiger partial charge in [0.25, 0.3) is 0 Å². The first-order chi connectivity index (χ1) is 27.8. The smallest absolute Gasteiger partial charge is 0.159 e. The zero-order valence-corrected chi connectivity index (χ0v) is 31.0. The molecule has 0 radical (unpaired) electrons. The van der Waals surface area contributed by atoms with Crippen molar-refractivity contribution in [2.45, 2.75) is 6.17 Å². The number of amidine groups is 2. The summed E-state index contributed by atoms with van der Waals surface area (Å²) in [6.45, 7) is 0. The predicted molar refractivity (Wildman–Crippen MR) is 235 cm³/mol. The van der Waals surface area contributed by atoms with Gasteiger partial charge in [-0.2, -0.15) is 0 Å². The van der Waals surface area contributed by atoms with Gasteiger partial charge in [0, 0.05) is 53.2 Å². The Kier molecular flexibility index (Phi) is 7.71. The number of aliphatic imine (C=N–C) groups is 2. The molecule has 2 aromatic heterocycles. The van der Waals surface area contributed by atoms with E-state index in [0.717, 1.165) is 55.6 Å². The minimum Gasteiger partial charge on any atom is -0.455 e. The summed E-state index contributed by atoms with van der Waals surface area (Å²) < 4.78 is 9.40. The van der Waals surface area contributed by atoms with Gasteiger partial charge in [-0.1, -0.05) is 176 Å². The highest BCUT2D eigenvalue weighted by molar-refractivity contribution is 7.26. The Morgan fingerprint density at radius 3 is 1.88 bits per heavy atom. The van der Waals surface area contributed by atoms with E-state index in [1.54, 1.807) is 0 Å². The molecule has 1 aliphatic heterocycles. The van der Waals surface area contributed by atoms with E-state index in [2.05, 4.69) is 169 Å². The second-order valence-electron chi connectivity index (χ2n) is 14.1. The maximum atomic E-state index is 6.88. The van der Waals surface area contributed by atoms with Gasteiger partial charge in [-0.25, -0.2) is 9.98 Å². The van der Waals surface area contributed by atoms with Crippen LogP contribution >= 0.6 is 11.3 Å². The molecule has 264 valence electrons. The van der Waals surface area contributed by atoms with E-state index in [4.69, 9.17) is 14.4 Å². The molecule has 3 heterocycles. The van der Waals surface area contributed by atoms with Crippen LogP contribution in [0.2, 0.25) is 0 Å². The van der Waals surface area contributed by atoms with E-state index in [1.807, 2.05) is 35.6 Å². The first-order valence-electron chi connectivity index (χ1n) is 18.9. The van der Waals surface area contributed by atoms with Crippen molar-refractivity contribution >= 4 is 65.1 Å². The fraction of sp³-hybridized carbons (Fsp3) is 0.0196. The van der Waals surface area contributed by atoms with E-state index >= 15 is 0 Å². The number of rotatable bonds is 6. The predicted octanol–water partition coefficient (Wildman–Crippen LogP) is 13.5. The number of para-hydroxylation sites is 1. The Balaban J connectivity index is 1.06. The van der Waals surface area contributed by atoms with Crippen LogP contribution in [-0.2, 0) is 0 Å². The summed E-state index contributed by atoms with van der Waals surface area (Å²) in [5, 5.41) is 8.34. The topological polar surface area (TPSA) is 49.9 Å². The fourth-order valence-corrected chi connectivity index (χ4v) is 9.37. The molecule has 4 nitrogen and oxygen atoms in total. The highest BCUT2D eigenvalue weighted by atomic mass is 32.1. The third-order valence-corrected chi connectivity index (χ3v) is 12.0. The van der Waals surface area contributed by atoms with Gasteiger partial charge in [-0.05, 0) is 39.9 Å². The minimum absolute atomic E-state index is 0.337. The molecule has 8 aromatic carbocycles. The van der Waals surface area contributed by atoms with Gasteiger partial charge >= 0.3 is 0 Å². The van der Waals surface area contributed by atoms with Gasteiger partial charge in [0.05, 0.1) is 0 Å². The lowest BCUT2D eigenvalue weighted by Crippen LogP contribution is -2.33. The van der Waals surface area contributed by atoms with Crippen LogP contribution in [-0.4, -0.2) is 11.7 Å². The van der Waals surface area contributed by atoms with Crippen molar-refractivity contribution in [2.75, 3.05) is 0 Å². The molecule has 5 heteroatoms. The zero-order valence-electron chi connectivity index (χ0n) is 30.2. The van der Waals surface area contributed by atoms with Crippen molar-refractivity contribution in [3.8, 4) is 33.4 Å². The molecule has 56 heavy (non-hydrogen) atoms. The number of hydrogen-bond acceptors (Lipinski definition) is 5. The summed E-state index contributed by atoms with van der Waals surface area (Å²) >= 11 is 1.85. The maximum absolute atomic E-state index is 6.88. The van der Waals surface area contributed by atoms with Crippen LogP contribution in [0.15, 0.2) is 202 Å². The lowest BCUT2D eigenvalue weighted by Gasteiger charge is -2.24. The Labute approximate surface area is 327 Å². The Morgan fingerprint density at radius 1 is 0.464 bits per heavy atom. The average molecular weight is 736 g/mol. The number of benzene rings is 8. The molecule has 1 unspecified atom stereocenters. The normalized spacial score (nSPS) is 14.2. The van der Waals surface area contributed by atoms with E-state index in [9.17, 15) is 0 Å². The van der Waals surface area contributed by atoms with Crippen LogP contribution in [0.3, 0.4) is 0 Å². The van der Waals surface area contributed by atoms with Crippen molar-refractivity contribution < 1.29 is 4.42 Å². The Morgan fingerprint density at radius 2 is 1.09 bits per heavy atom. The highest BCUT2D eigenvalue weighted by Gasteiger charge is 2.25. The summed E-state index contributed by atoms with van der Waals surface area (Å²) in [7, 11) is 0. The van der Waals surface area contributed by atoms with Gasteiger partial charge in [0.2, 0.25) is 0 Å². The fourth-order valence-electron chi connectivity index (χ4n) is 8.12. The summed E-state index contributed by atoms with van der Waals surface area (Å²) in [5.74, 6) is 1.45. The number of thiophene rings is 1. The van der Waals surface area contributed by atoms with Crippen LogP contribution in [0.1, 0.15) is 22.9 Å². The van der Waals surface area contributed by atoms with Gasteiger partial charge in [-0.3, -0.25) is 0 Å². The van der Waals surface area contributed by atoms with Crippen molar-refractivity contribution in [1.82, 2.24) is 5.32 Å². The van der Waals surface area contributed by atoms with Crippen LogP contribution in [0.4, 0.5) is 0 Å². The summed E-state index contributed by atoms with van der Waals surface area (Å²) in [6.07, 6.45) is -0.337. The van der Waals surface area contributed by atoms with Crippen molar-refractivity contribution in [1.29, 1.82) is 0 Å². The van der Waals surface area contributed by atoms with E-state index in [0.29, 0.717) is 5.84 Å². The second kappa shape index (κ2) is 13.3. The number of fused-ring (bicyclic) bond motifs is 6. The summed E-state index contributed by atoms with van der Waals surface area (Å²) in [6, 6.07) is 66.1. The van der Waals surface area contributed by atoms with Gasteiger partial charge in [0.1, 0.15) is 23.2 Å². The van der Waals surface area contributed by atoms with Gasteiger partial charge < -0.3 is 9.73 Å². The van der Waals surface area contributed by atoms with Gasteiger partial charge in [0.15, 0.2) is 5.84 Å². The molecule has 1 atom stereocenters. The molecule has 0 fully saturated rings. The average Bonchev–Trinajstić information content (AvgIpc) is 3.87. The van der Waals surface area contributed by atoms with Crippen molar-refractivity contribution in [3.05, 3.63) is 205 Å². The molecule has 0 saturated carbocycles. The number of nitrogens with one attached hydrogen (secondary N) is 1. The molecule has 0 aliphatic carbocycles. The second-order valence-corrected chi connectivity index (χ2v) is 15.2. The van der Waals surface area contributed by atoms with E-state index in [1.165, 1.54) is 42.4 Å². The number of hydrogen-bond donors (Lipinski definition) is 1. The maximum Gasteiger partial charge on any atom is 0.159 e. The van der Waals surface area contributed by atoms with Crippen molar-refractivity contribution in [3.63, 3.8) is 0 Å². The molecule has 1 aliphatic rings. The molecule has 0 saturated heterocycles. The molecular weight excluding hydrogens is 703 g/mol. The van der Waals surface area contributed by atoms with E-state index in [-0.39, 0.29) is 6.17 Å². The lowest BCUT2D eigenvalue weighted by atomic mass is 9.94. The first kappa shape index (κ1) is 32.4. The quantitative estimate of drug-likeness (QED) is 0.185. The Hall–Kier alpha value is -7.08. The van der Waals surface area contributed by atoms with E-state index < -0.39 is 0 Å². The molecule has 1 N–H and O–H groups in total. The lowest BCUT2D eigenvalue weighted by molar-refractivity contribution is 0.668. The number of furan rings is 1. The van der Waals surface area contributed by atoms with Crippen LogP contribution in [0, 0.1) is 0 Å². The largest absolute Gasteiger partial charge is 0.455 e. The van der Waals surface area contributed by atoms with Gasteiger partial charge in [-0.15, -0.1) is 11.3 Å². The standard InChI is InChI=1S/C51H33N3OS/c1-4-14-32(15-5-1)33-26-28-36(29-27-33)50-52-49(35-18-8-3-9-19-35)53-51(54-50)42-23-13-24-43-45(42)41-22-12-21-38(47(41)55-43)39-31-30-37(34-16-6-2-7-17-34)46-40-20-10-11-25-44(40)56-48(39)46/h1-31,50H,(H,52,53,54). The molecule has 0 amide bonds. The monoisotopic (exact) mass is 735 g/mol. The van der Waals surface area contributed by atoms with Crippen LogP contribution < -0.4 is 5.32 Å². The first-order valence-corrected chi connectivity index (χ1v) is 19.7. The molecule has 11 rings (SSSR count). The third kappa shape index (κ3) is 5.44. The molecule has 10 aromatic rings. The highest BCUT2D eigenvalue weighted by Crippen LogP contribution is 2.47. The summed E-state index contributed by atoms with van der Waals surface area (Å²) in [5.41, 5.74) is 11.7. The minimum atomic E-state index is -0.337. The van der Waals surface area contributed by atoms with Crippen molar-refractivity contribution in [2.24, 2.45) is 9.98 Å². The summed E-state index contributed by atoms with van der Waals surface area (Å²) in [4.78, 5) is 10.4. The SMILES string of the molecule is c1ccc(C2=NC(c3ccc(-c4ccccc4)cc3)NC(c3cccc4oc5c(-c6ccc(-c7ccccc7)c7c6sc6ccccc67)cccc5c34)=N2)cc1. The molecule has 0 spiro atoms. The zero-order chi connectivity index (χ0) is 37.0. The third-order valence-electron chi connectivity index (χ3n) is 10.8.